The molecule has 0 spiro atoms. The molecule has 1 heterocycles. The van der Waals surface area contributed by atoms with E-state index in [4.69, 9.17) is 23.2 Å². The number of halogens is 2. The number of carbonyl (C=O) groups is 1. The van der Waals surface area contributed by atoms with E-state index in [-0.39, 0.29) is 27.8 Å². The van der Waals surface area contributed by atoms with Crippen LogP contribution in [-0.2, 0) is 0 Å². The average Bonchev–Trinajstić information content (AvgIpc) is 2.40. The van der Waals surface area contributed by atoms with Crippen LogP contribution < -0.4 is 0 Å². The third-order valence-corrected chi connectivity index (χ3v) is 3.93. The zero-order valence-electron chi connectivity index (χ0n) is 10.5. The molecule has 0 saturated heterocycles. The van der Waals surface area contributed by atoms with E-state index >= 15 is 0 Å². The van der Waals surface area contributed by atoms with Crippen LogP contribution in [0.3, 0.4) is 0 Å². The fourth-order valence-corrected chi connectivity index (χ4v) is 2.71. The topological polar surface area (TPSA) is 66.3 Å². The first-order valence-corrected chi connectivity index (χ1v) is 6.90. The molecule has 1 amide bonds. The number of likely N-dealkylation sites (N-methyl/N-ethyl adjacent to an activating group) is 1. The molecule has 7 heteroatoms. The number of amides is 1. The van der Waals surface area contributed by atoms with Crippen LogP contribution in [0.15, 0.2) is 6.07 Å². The van der Waals surface area contributed by atoms with E-state index in [0.717, 1.165) is 19.3 Å². The van der Waals surface area contributed by atoms with Gasteiger partial charge in [-0.05, 0) is 18.9 Å². The summed E-state index contributed by atoms with van der Waals surface area (Å²) in [5.74, 6) is -0.298. The zero-order chi connectivity index (χ0) is 14.0. The summed E-state index contributed by atoms with van der Waals surface area (Å²) < 4.78 is 0. The number of hydrogen-bond donors (Lipinski definition) is 1. The highest BCUT2D eigenvalue weighted by Crippen LogP contribution is 2.25. The van der Waals surface area contributed by atoms with Gasteiger partial charge in [0.2, 0.25) is 0 Å². The predicted octanol–water partition coefficient (Wildman–Crippen LogP) is 2.16. The fourth-order valence-electron chi connectivity index (χ4n) is 2.39. The van der Waals surface area contributed by atoms with Gasteiger partial charge in [-0.3, -0.25) is 4.79 Å². The third kappa shape index (κ3) is 3.16. The number of nitrogens with zero attached hydrogens (tertiary/aromatic N) is 3. The Morgan fingerprint density at radius 1 is 1.37 bits per heavy atom. The van der Waals surface area contributed by atoms with Gasteiger partial charge in [0.15, 0.2) is 10.3 Å². The van der Waals surface area contributed by atoms with Crippen LogP contribution in [-0.4, -0.2) is 45.3 Å². The number of carbonyl (C=O) groups excluding carboxylic acids is 1. The van der Waals surface area contributed by atoms with Crippen molar-refractivity contribution in [3.63, 3.8) is 0 Å². The molecule has 0 radical (unpaired) electrons. The fraction of sp³-hybridized carbons (Fsp3) is 0.583. The van der Waals surface area contributed by atoms with E-state index in [1.54, 1.807) is 7.05 Å². The zero-order valence-corrected chi connectivity index (χ0v) is 12.0. The van der Waals surface area contributed by atoms with Gasteiger partial charge in [0.25, 0.3) is 5.91 Å². The number of hydrogen-bond acceptors (Lipinski definition) is 4. The first-order valence-electron chi connectivity index (χ1n) is 6.14. The van der Waals surface area contributed by atoms with Gasteiger partial charge in [-0.25, -0.2) is 0 Å². The van der Waals surface area contributed by atoms with E-state index in [0.29, 0.717) is 6.42 Å². The molecule has 5 nitrogen and oxygen atoms in total. The Morgan fingerprint density at radius 2 is 2.05 bits per heavy atom. The first-order chi connectivity index (χ1) is 9.00. The van der Waals surface area contributed by atoms with Crippen molar-refractivity contribution >= 4 is 29.1 Å². The molecular formula is C12H15Cl2N3O2. The highest BCUT2D eigenvalue weighted by atomic mass is 35.5. The van der Waals surface area contributed by atoms with Crippen LogP contribution in [0, 0.1) is 0 Å². The summed E-state index contributed by atoms with van der Waals surface area (Å²) in [6.07, 6.45) is 3.00. The summed E-state index contributed by atoms with van der Waals surface area (Å²) in [6.45, 7) is 0. The molecular weight excluding hydrogens is 289 g/mol. The Balaban J connectivity index is 2.20. The van der Waals surface area contributed by atoms with Crippen LogP contribution in [0.5, 0.6) is 0 Å². The SMILES string of the molecule is CN(C(=O)c1cc(Cl)nnc1Cl)C1CCCCC1O. The number of aliphatic hydroxyl groups is 1. The molecule has 0 bridgehead atoms. The second-order valence-corrected chi connectivity index (χ2v) is 5.45. The Morgan fingerprint density at radius 3 is 2.74 bits per heavy atom. The van der Waals surface area contributed by atoms with Gasteiger partial charge in [-0.15, -0.1) is 10.2 Å². The standard InChI is InChI=1S/C12H15Cl2N3O2/c1-17(8-4-2-3-5-9(8)18)12(19)7-6-10(13)15-16-11(7)14/h6,8-9,18H,2-5H2,1H3. The summed E-state index contributed by atoms with van der Waals surface area (Å²) >= 11 is 11.6. The van der Waals surface area contributed by atoms with Gasteiger partial charge in [0.1, 0.15) is 0 Å². The maximum atomic E-state index is 12.4. The van der Waals surface area contributed by atoms with Crippen molar-refractivity contribution < 1.29 is 9.90 Å². The van der Waals surface area contributed by atoms with E-state index < -0.39 is 6.10 Å². The van der Waals surface area contributed by atoms with Gasteiger partial charge in [0.05, 0.1) is 17.7 Å². The molecule has 2 atom stereocenters. The third-order valence-electron chi connectivity index (χ3n) is 3.46. The maximum absolute atomic E-state index is 12.4. The van der Waals surface area contributed by atoms with E-state index in [9.17, 15) is 9.90 Å². The Bertz CT molecular complexity index is 484. The molecule has 0 aliphatic heterocycles. The van der Waals surface area contributed by atoms with Gasteiger partial charge < -0.3 is 10.0 Å². The van der Waals surface area contributed by atoms with Crippen LogP contribution in [0.2, 0.25) is 10.3 Å². The van der Waals surface area contributed by atoms with Gasteiger partial charge in [0, 0.05) is 7.05 Å². The smallest absolute Gasteiger partial charge is 0.257 e. The van der Waals surface area contributed by atoms with Crippen molar-refractivity contribution in [1.82, 2.24) is 15.1 Å². The lowest BCUT2D eigenvalue weighted by Gasteiger charge is -2.35. The highest BCUT2D eigenvalue weighted by molar-refractivity contribution is 6.34. The Kier molecular flexibility index (Phi) is 4.60. The predicted molar refractivity (Wildman–Crippen MR) is 72.4 cm³/mol. The highest BCUT2D eigenvalue weighted by Gasteiger charge is 2.30. The summed E-state index contributed by atoms with van der Waals surface area (Å²) in [6, 6.07) is 1.20. The van der Waals surface area contributed by atoms with Gasteiger partial charge in [-0.2, -0.15) is 0 Å². The van der Waals surface area contributed by atoms with Crippen LogP contribution >= 0.6 is 23.2 Å². The lowest BCUT2D eigenvalue weighted by Crippen LogP contribution is -2.46. The van der Waals surface area contributed by atoms with Crippen molar-refractivity contribution in [3.8, 4) is 0 Å². The number of aromatic nitrogens is 2. The lowest BCUT2D eigenvalue weighted by atomic mass is 9.91. The molecule has 1 fully saturated rings. The maximum Gasteiger partial charge on any atom is 0.257 e. The molecule has 1 aromatic heterocycles. The molecule has 104 valence electrons. The quantitative estimate of drug-likeness (QED) is 0.909. The van der Waals surface area contributed by atoms with Crippen LogP contribution in [0.4, 0.5) is 0 Å². The van der Waals surface area contributed by atoms with Crippen LogP contribution in [0.25, 0.3) is 0 Å². The van der Waals surface area contributed by atoms with E-state index in [1.165, 1.54) is 11.0 Å². The summed E-state index contributed by atoms with van der Waals surface area (Å²) in [5, 5.41) is 17.3. The minimum atomic E-state index is -0.494. The number of rotatable bonds is 2. The minimum Gasteiger partial charge on any atom is -0.391 e. The molecule has 1 aliphatic carbocycles. The molecule has 1 N–H and O–H groups in total. The summed E-state index contributed by atoms with van der Waals surface area (Å²) in [7, 11) is 1.66. The van der Waals surface area contributed by atoms with E-state index in [1.807, 2.05) is 0 Å². The molecule has 2 unspecified atom stereocenters. The molecule has 2 rings (SSSR count). The van der Waals surface area contributed by atoms with Crippen molar-refractivity contribution in [1.29, 1.82) is 0 Å². The van der Waals surface area contributed by atoms with Gasteiger partial charge in [-0.1, -0.05) is 36.0 Å². The average molecular weight is 304 g/mol. The molecule has 1 saturated carbocycles. The van der Waals surface area contributed by atoms with Crippen molar-refractivity contribution in [2.24, 2.45) is 0 Å². The van der Waals surface area contributed by atoms with Crippen molar-refractivity contribution in [2.45, 2.75) is 37.8 Å². The largest absolute Gasteiger partial charge is 0.391 e. The molecule has 1 aliphatic rings. The van der Waals surface area contributed by atoms with Crippen LogP contribution in [0.1, 0.15) is 36.0 Å². The summed E-state index contributed by atoms with van der Waals surface area (Å²) in [4.78, 5) is 13.9. The lowest BCUT2D eigenvalue weighted by molar-refractivity contribution is 0.0267. The van der Waals surface area contributed by atoms with Crippen molar-refractivity contribution in [3.05, 3.63) is 21.9 Å². The minimum absolute atomic E-state index is 0.0200. The monoisotopic (exact) mass is 303 g/mol. The molecule has 1 aromatic rings. The second kappa shape index (κ2) is 6.03. The normalized spacial score (nSPS) is 23.2. The number of aliphatic hydroxyl groups excluding tert-OH is 1. The Labute approximate surface area is 121 Å². The second-order valence-electron chi connectivity index (χ2n) is 4.71. The molecule has 19 heavy (non-hydrogen) atoms. The Hall–Kier alpha value is -0.910. The molecule has 0 aromatic carbocycles. The van der Waals surface area contributed by atoms with Crippen molar-refractivity contribution in [2.75, 3.05) is 7.05 Å². The van der Waals surface area contributed by atoms with Gasteiger partial charge >= 0.3 is 0 Å². The van der Waals surface area contributed by atoms with E-state index in [2.05, 4.69) is 10.2 Å². The summed E-state index contributed by atoms with van der Waals surface area (Å²) in [5.41, 5.74) is 0.210. The first kappa shape index (κ1) is 14.5.